The molecule has 5 rings (SSSR count). The molecule has 0 radical (unpaired) electrons. The lowest BCUT2D eigenvalue weighted by molar-refractivity contribution is -0.137. The van der Waals surface area contributed by atoms with E-state index in [1.807, 2.05) is 11.6 Å². The molecule has 1 fully saturated rings. The van der Waals surface area contributed by atoms with Crippen molar-refractivity contribution in [2.45, 2.75) is 36.9 Å². The van der Waals surface area contributed by atoms with Gasteiger partial charge in [-0.3, -0.25) is 9.48 Å². The first-order valence-corrected chi connectivity index (χ1v) is 12.6. The van der Waals surface area contributed by atoms with Gasteiger partial charge in [-0.1, -0.05) is 0 Å². The summed E-state index contributed by atoms with van der Waals surface area (Å²) >= 11 is 2.45. The fourth-order valence-corrected chi connectivity index (χ4v) is 6.28. The van der Waals surface area contributed by atoms with Crippen molar-refractivity contribution in [3.8, 4) is 10.6 Å². The molecule has 0 unspecified atom stereocenters. The Bertz CT molecular complexity index is 1220. The lowest BCUT2D eigenvalue weighted by Gasteiger charge is -2.24. The summed E-state index contributed by atoms with van der Waals surface area (Å²) in [5.41, 5.74) is 0.316. The molecule has 13 heteroatoms. The van der Waals surface area contributed by atoms with Gasteiger partial charge in [0.05, 0.1) is 34.2 Å². The molecule has 3 aromatic heterocycles. The summed E-state index contributed by atoms with van der Waals surface area (Å²) in [6, 6.07) is 1.88. The predicted octanol–water partition coefficient (Wildman–Crippen LogP) is 4.23. The van der Waals surface area contributed by atoms with Crippen molar-refractivity contribution in [2.75, 3.05) is 30.7 Å². The van der Waals surface area contributed by atoms with Gasteiger partial charge >= 0.3 is 6.18 Å². The zero-order chi connectivity index (χ0) is 23.9. The fourth-order valence-electron chi connectivity index (χ4n) is 4.09. The van der Waals surface area contributed by atoms with Crippen LogP contribution in [0, 0.1) is 6.92 Å². The van der Waals surface area contributed by atoms with Crippen LogP contribution in [0.15, 0.2) is 23.4 Å². The van der Waals surface area contributed by atoms with Crippen molar-refractivity contribution >= 4 is 40.6 Å². The lowest BCUT2D eigenvalue weighted by Crippen LogP contribution is -2.30. The first-order valence-electron chi connectivity index (χ1n) is 10.8. The highest BCUT2D eigenvalue weighted by Crippen LogP contribution is 2.42. The largest absolute Gasteiger partial charge is 0.420 e. The van der Waals surface area contributed by atoms with E-state index in [4.69, 9.17) is 0 Å². The van der Waals surface area contributed by atoms with Crippen molar-refractivity contribution in [1.82, 2.24) is 30.4 Å². The minimum absolute atomic E-state index is 0.0386. The van der Waals surface area contributed by atoms with E-state index in [-0.39, 0.29) is 28.5 Å². The highest BCUT2D eigenvalue weighted by atomic mass is 32.2. The molecule has 34 heavy (non-hydrogen) atoms. The second-order valence-electron chi connectivity index (χ2n) is 8.06. The summed E-state index contributed by atoms with van der Waals surface area (Å²) in [5, 5.41) is 13.6. The first-order chi connectivity index (χ1) is 16.3. The van der Waals surface area contributed by atoms with Crippen molar-refractivity contribution in [3.63, 3.8) is 0 Å². The van der Waals surface area contributed by atoms with Crippen LogP contribution in [0.25, 0.3) is 10.6 Å². The topological polar surface area (TPSA) is 96.8 Å². The number of carbonyl (C=O) groups is 1. The van der Waals surface area contributed by atoms with Crippen molar-refractivity contribution in [1.29, 1.82) is 0 Å². The summed E-state index contributed by atoms with van der Waals surface area (Å²) in [6.07, 6.45) is -0.294. The SMILES string of the molecule is Cc1c(Nc2ncc(C(F)(F)F)c(-c3cc4c(s3)C(=O)NCCS4)n2)cnn1C1CCNCC1. The second kappa shape index (κ2) is 9.19. The molecular formula is C21H22F3N7OS2. The predicted molar refractivity (Wildman–Crippen MR) is 125 cm³/mol. The molecule has 5 heterocycles. The summed E-state index contributed by atoms with van der Waals surface area (Å²) < 4.78 is 43.3. The van der Waals surface area contributed by atoms with E-state index >= 15 is 0 Å². The van der Waals surface area contributed by atoms with E-state index in [1.165, 1.54) is 11.8 Å². The minimum atomic E-state index is -4.64. The van der Waals surface area contributed by atoms with Crippen LogP contribution in [0.4, 0.5) is 24.8 Å². The van der Waals surface area contributed by atoms with Crippen LogP contribution in [0.3, 0.4) is 0 Å². The number of rotatable bonds is 4. The quantitative estimate of drug-likeness (QED) is 0.484. The maximum Gasteiger partial charge on any atom is 0.420 e. The number of halogens is 3. The number of anilines is 2. The molecule has 2 aliphatic rings. The van der Waals surface area contributed by atoms with Gasteiger partial charge in [0.25, 0.3) is 5.91 Å². The van der Waals surface area contributed by atoms with E-state index in [0.717, 1.165) is 49.2 Å². The number of hydrogen-bond acceptors (Lipinski definition) is 8. The molecule has 0 bridgehead atoms. The Kier molecular flexibility index (Phi) is 6.25. The van der Waals surface area contributed by atoms with E-state index < -0.39 is 11.7 Å². The Balaban J connectivity index is 1.49. The van der Waals surface area contributed by atoms with Gasteiger partial charge in [-0.25, -0.2) is 9.97 Å². The number of fused-ring (bicyclic) bond motifs is 1. The molecule has 1 amide bonds. The third-order valence-corrected chi connectivity index (χ3v) is 8.13. The number of alkyl halides is 3. The summed E-state index contributed by atoms with van der Waals surface area (Å²) in [5.74, 6) is 0.410. The number of carbonyl (C=O) groups excluding carboxylic acids is 1. The van der Waals surface area contributed by atoms with Crippen molar-refractivity contribution < 1.29 is 18.0 Å². The van der Waals surface area contributed by atoms with E-state index in [2.05, 4.69) is 31.0 Å². The average molecular weight is 510 g/mol. The number of thiophene rings is 1. The molecule has 8 nitrogen and oxygen atoms in total. The number of thioether (sulfide) groups is 1. The van der Waals surface area contributed by atoms with Crippen LogP contribution in [-0.4, -0.2) is 51.0 Å². The number of nitrogens with one attached hydrogen (secondary N) is 3. The number of hydrogen-bond donors (Lipinski definition) is 3. The average Bonchev–Trinajstić information content (AvgIpc) is 3.36. The first kappa shape index (κ1) is 23.1. The highest BCUT2D eigenvalue weighted by Gasteiger charge is 2.36. The van der Waals surface area contributed by atoms with Crippen molar-refractivity contribution in [3.05, 3.63) is 34.6 Å². The van der Waals surface area contributed by atoms with Gasteiger partial charge in [-0.2, -0.15) is 18.3 Å². The third kappa shape index (κ3) is 4.51. The molecule has 0 atom stereocenters. The van der Waals surface area contributed by atoms with E-state index in [0.29, 0.717) is 27.8 Å². The molecule has 0 aliphatic carbocycles. The van der Waals surface area contributed by atoms with Gasteiger partial charge in [0.1, 0.15) is 10.4 Å². The highest BCUT2D eigenvalue weighted by molar-refractivity contribution is 7.99. The Hall–Kier alpha value is -2.64. The molecule has 2 aliphatic heterocycles. The molecule has 1 saturated heterocycles. The van der Waals surface area contributed by atoms with Crippen LogP contribution >= 0.6 is 23.1 Å². The van der Waals surface area contributed by atoms with Crippen LogP contribution in [0.2, 0.25) is 0 Å². The molecule has 0 saturated carbocycles. The maximum absolute atomic E-state index is 13.8. The Morgan fingerprint density at radius 3 is 2.76 bits per heavy atom. The number of amides is 1. The normalized spacial score (nSPS) is 17.2. The van der Waals surface area contributed by atoms with Gasteiger partial charge in [-0.05, 0) is 38.9 Å². The Morgan fingerprint density at radius 1 is 1.21 bits per heavy atom. The summed E-state index contributed by atoms with van der Waals surface area (Å²) in [4.78, 5) is 21.8. The van der Waals surface area contributed by atoms with E-state index in [1.54, 1.807) is 12.3 Å². The monoisotopic (exact) mass is 509 g/mol. The van der Waals surface area contributed by atoms with Gasteiger partial charge in [0, 0.05) is 23.4 Å². The zero-order valence-corrected chi connectivity index (χ0v) is 19.8. The molecule has 3 aromatic rings. The zero-order valence-electron chi connectivity index (χ0n) is 18.2. The molecule has 180 valence electrons. The Morgan fingerprint density at radius 2 is 2.00 bits per heavy atom. The van der Waals surface area contributed by atoms with Crippen LogP contribution < -0.4 is 16.0 Å². The minimum Gasteiger partial charge on any atom is -0.350 e. The van der Waals surface area contributed by atoms with Crippen LogP contribution in [-0.2, 0) is 6.18 Å². The molecular weight excluding hydrogens is 487 g/mol. The number of piperidine rings is 1. The summed E-state index contributed by atoms with van der Waals surface area (Å²) in [7, 11) is 0. The number of aromatic nitrogens is 4. The standard InChI is InChI=1S/C21H22F3N7OS2/c1-11-14(10-28-31(11)12-2-4-25-5-3-12)29-20-27-9-13(21(22,23)24)17(30-20)15-8-16-18(34-15)19(32)26-6-7-33-16/h8-10,12,25H,2-7H2,1H3,(H,26,32)(H,27,29,30). The third-order valence-electron chi connectivity index (χ3n) is 5.82. The van der Waals surface area contributed by atoms with Gasteiger partial charge in [0.15, 0.2) is 0 Å². The van der Waals surface area contributed by atoms with E-state index in [9.17, 15) is 18.0 Å². The van der Waals surface area contributed by atoms with Crippen LogP contribution in [0.1, 0.15) is 39.8 Å². The van der Waals surface area contributed by atoms with Gasteiger partial charge in [0.2, 0.25) is 5.95 Å². The second-order valence-corrected chi connectivity index (χ2v) is 10.2. The molecule has 3 N–H and O–H groups in total. The smallest absolute Gasteiger partial charge is 0.350 e. The number of nitrogens with zero attached hydrogens (tertiary/aromatic N) is 4. The fraction of sp³-hybridized carbons (Fsp3) is 0.429. The maximum atomic E-state index is 13.8. The summed E-state index contributed by atoms with van der Waals surface area (Å²) in [6.45, 7) is 4.26. The Labute approximate surface area is 201 Å². The van der Waals surface area contributed by atoms with Crippen molar-refractivity contribution in [2.24, 2.45) is 0 Å². The molecule has 0 spiro atoms. The van der Waals surface area contributed by atoms with Gasteiger partial charge in [-0.15, -0.1) is 23.1 Å². The van der Waals surface area contributed by atoms with Gasteiger partial charge < -0.3 is 16.0 Å². The molecule has 0 aromatic carbocycles. The lowest BCUT2D eigenvalue weighted by atomic mass is 10.1. The van der Waals surface area contributed by atoms with Crippen LogP contribution in [0.5, 0.6) is 0 Å².